The van der Waals surface area contributed by atoms with Crippen LogP contribution >= 0.6 is 12.4 Å². The Balaban J connectivity index is 0.00000357. The number of nitrogens with one attached hydrogen (secondary N) is 1. The summed E-state index contributed by atoms with van der Waals surface area (Å²) in [4.78, 5) is 30.8. The van der Waals surface area contributed by atoms with E-state index in [1.165, 1.54) is 11.3 Å². The summed E-state index contributed by atoms with van der Waals surface area (Å²) < 4.78 is 1.90. The van der Waals surface area contributed by atoms with E-state index in [0.717, 1.165) is 70.5 Å². The normalized spacial score (nSPS) is 17.3. The fourth-order valence-electron chi connectivity index (χ4n) is 6.73. The summed E-state index contributed by atoms with van der Waals surface area (Å²) in [7, 11) is 0. The lowest BCUT2D eigenvalue weighted by atomic mass is 9.86. The average Bonchev–Trinajstić information content (AvgIpc) is 3.50. The molecule has 5 aromatic rings. The van der Waals surface area contributed by atoms with Gasteiger partial charge in [0.05, 0.1) is 17.1 Å². The molecule has 0 aliphatic carbocycles. The Kier molecular flexibility index (Phi) is 8.70. The number of carbonyl (C=O) groups excluding carboxylic acids is 2. The van der Waals surface area contributed by atoms with Crippen LogP contribution in [-0.2, 0) is 16.1 Å². The van der Waals surface area contributed by atoms with Crippen molar-refractivity contribution >= 4 is 35.4 Å². The molecular formula is C36H37ClN6O2. The number of nitrogens with two attached hydrogens (primary N) is 1. The van der Waals surface area contributed by atoms with E-state index in [-0.39, 0.29) is 30.1 Å². The van der Waals surface area contributed by atoms with E-state index in [1.807, 2.05) is 4.52 Å². The summed E-state index contributed by atoms with van der Waals surface area (Å²) >= 11 is 0. The van der Waals surface area contributed by atoms with Gasteiger partial charge in [-0.15, -0.1) is 12.4 Å². The molecule has 2 fully saturated rings. The number of nitrogens with zero attached hydrogens (tertiary/aromatic N) is 4. The van der Waals surface area contributed by atoms with E-state index in [4.69, 9.17) is 5.73 Å². The van der Waals surface area contributed by atoms with Crippen LogP contribution in [0.25, 0.3) is 27.9 Å². The fourth-order valence-corrected chi connectivity index (χ4v) is 6.73. The molecule has 4 heterocycles. The number of amides is 2. The molecule has 2 amide bonds. The number of anilines is 1. The number of hydrogen-bond donors (Lipinski definition) is 2. The molecule has 3 N–H and O–H groups in total. The van der Waals surface area contributed by atoms with Crippen molar-refractivity contribution in [3.8, 4) is 22.4 Å². The summed E-state index contributed by atoms with van der Waals surface area (Å²) in [5, 5.41) is 6.94. The number of halogens is 1. The highest BCUT2D eigenvalue weighted by molar-refractivity contribution is 6.00. The SMILES string of the molecule is Cc1cc(-c2ncnn3cc(-c4ccc(N5CCC(c6ccc(C7CCC(=O)NC7=O)cc6)CC5)cc4)cc23)ccc1CN.Cl. The van der Waals surface area contributed by atoms with Gasteiger partial charge in [0.2, 0.25) is 11.8 Å². The van der Waals surface area contributed by atoms with Crippen LogP contribution in [0.1, 0.15) is 59.8 Å². The number of aryl methyl sites for hydroxylation is 1. The average molecular weight is 621 g/mol. The van der Waals surface area contributed by atoms with Crippen molar-refractivity contribution in [1.29, 1.82) is 0 Å². The molecule has 45 heavy (non-hydrogen) atoms. The van der Waals surface area contributed by atoms with Crippen molar-refractivity contribution in [2.45, 2.75) is 51.0 Å². The van der Waals surface area contributed by atoms with Crippen molar-refractivity contribution in [3.05, 3.63) is 108 Å². The summed E-state index contributed by atoms with van der Waals surface area (Å²) in [6.45, 7) is 4.60. The van der Waals surface area contributed by atoms with Crippen LogP contribution < -0.4 is 16.0 Å². The van der Waals surface area contributed by atoms with Gasteiger partial charge in [-0.2, -0.15) is 5.10 Å². The molecule has 9 heteroatoms. The third-order valence-corrected chi connectivity index (χ3v) is 9.35. The Bertz CT molecular complexity index is 1840. The quantitative estimate of drug-likeness (QED) is 0.220. The first-order valence-corrected chi connectivity index (χ1v) is 15.4. The van der Waals surface area contributed by atoms with Crippen LogP contribution in [0.4, 0.5) is 5.69 Å². The van der Waals surface area contributed by atoms with Crippen LogP contribution in [0.3, 0.4) is 0 Å². The van der Waals surface area contributed by atoms with Crippen molar-refractivity contribution in [1.82, 2.24) is 19.9 Å². The second-order valence-electron chi connectivity index (χ2n) is 12.0. The van der Waals surface area contributed by atoms with Gasteiger partial charge < -0.3 is 10.6 Å². The summed E-state index contributed by atoms with van der Waals surface area (Å²) in [5.41, 5.74) is 16.9. The van der Waals surface area contributed by atoms with Gasteiger partial charge in [-0.3, -0.25) is 14.9 Å². The number of benzene rings is 3. The smallest absolute Gasteiger partial charge is 0.234 e. The molecule has 2 aromatic heterocycles. The van der Waals surface area contributed by atoms with Crippen molar-refractivity contribution in [3.63, 3.8) is 0 Å². The molecule has 0 radical (unpaired) electrons. The maximum absolute atomic E-state index is 12.3. The van der Waals surface area contributed by atoms with E-state index >= 15 is 0 Å². The Morgan fingerprint density at radius 1 is 0.867 bits per heavy atom. The van der Waals surface area contributed by atoms with Crippen molar-refractivity contribution < 1.29 is 9.59 Å². The standard InChI is InChI=1S/C36H36N6O2.ClH/c1-23-18-28(6-7-29(23)20-37)35-33-19-30(21-42(33)39-22-38-35)25-8-10-31(11-9-25)41-16-14-26(15-17-41)24-2-4-27(5-3-24)32-12-13-34(43)40-36(32)44;/h2-11,18-19,21-22,26,32H,12-17,20,37H2,1H3,(H,40,43,44);1H. The maximum atomic E-state index is 12.3. The second kappa shape index (κ2) is 12.8. The zero-order chi connectivity index (χ0) is 30.2. The minimum atomic E-state index is -0.231. The number of imide groups is 1. The largest absolute Gasteiger partial charge is 0.371 e. The van der Waals surface area contributed by atoms with Crippen LogP contribution in [0, 0.1) is 6.92 Å². The van der Waals surface area contributed by atoms with Crippen LogP contribution in [0.15, 0.2) is 85.3 Å². The Morgan fingerprint density at radius 3 is 2.27 bits per heavy atom. The lowest BCUT2D eigenvalue weighted by molar-refractivity contribution is -0.134. The zero-order valence-electron chi connectivity index (χ0n) is 25.3. The summed E-state index contributed by atoms with van der Waals surface area (Å²) in [6.07, 6.45) is 6.82. The lowest BCUT2D eigenvalue weighted by Crippen LogP contribution is -2.39. The molecule has 0 spiro atoms. The number of hydrogen-bond acceptors (Lipinski definition) is 6. The first-order chi connectivity index (χ1) is 21.5. The molecule has 1 atom stereocenters. The van der Waals surface area contributed by atoms with Gasteiger partial charge >= 0.3 is 0 Å². The zero-order valence-corrected chi connectivity index (χ0v) is 26.1. The molecule has 2 saturated heterocycles. The molecule has 230 valence electrons. The van der Waals surface area contributed by atoms with Gasteiger partial charge in [0.25, 0.3) is 0 Å². The van der Waals surface area contributed by atoms with E-state index in [0.29, 0.717) is 25.3 Å². The maximum Gasteiger partial charge on any atom is 0.234 e. The first kappa shape index (κ1) is 30.5. The Morgan fingerprint density at radius 2 is 1.58 bits per heavy atom. The highest BCUT2D eigenvalue weighted by atomic mass is 35.5. The van der Waals surface area contributed by atoms with Gasteiger partial charge in [-0.05, 0) is 84.2 Å². The molecule has 2 aliphatic rings. The minimum absolute atomic E-state index is 0. The van der Waals surface area contributed by atoms with E-state index in [9.17, 15) is 9.59 Å². The number of piperidine rings is 2. The number of rotatable bonds is 6. The number of carbonyl (C=O) groups is 2. The van der Waals surface area contributed by atoms with Gasteiger partial charge in [0, 0.05) is 49.1 Å². The van der Waals surface area contributed by atoms with Crippen molar-refractivity contribution in [2.75, 3.05) is 18.0 Å². The van der Waals surface area contributed by atoms with Crippen molar-refractivity contribution in [2.24, 2.45) is 5.73 Å². The number of aromatic nitrogens is 3. The Labute approximate surface area is 269 Å². The molecule has 1 unspecified atom stereocenters. The summed E-state index contributed by atoms with van der Waals surface area (Å²) in [5.74, 6) is -0.0841. The molecule has 7 rings (SSSR count). The molecule has 2 aliphatic heterocycles. The first-order valence-electron chi connectivity index (χ1n) is 15.4. The van der Waals surface area contributed by atoms with Gasteiger partial charge in [0.15, 0.2) is 0 Å². The third-order valence-electron chi connectivity index (χ3n) is 9.35. The molecule has 3 aromatic carbocycles. The van der Waals surface area contributed by atoms with E-state index < -0.39 is 0 Å². The summed E-state index contributed by atoms with van der Waals surface area (Å²) in [6, 6.07) is 25.8. The highest BCUT2D eigenvalue weighted by Crippen LogP contribution is 2.34. The van der Waals surface area contributed by atoms with Crippen LogP contribution in [-0.4, -0.2) is 39.5 Å². The van der Waals surface area contributed by atoms with Crippen LogP contribution in [0.2, 0.25) is 0 Å². The Hall–Kier alpha value is -4.53. The topological polar surface area (TPSA) is 106 Å². The second-order valence-corrected chi connectivity index (χ2v) is 12.0. The molecular weight excluding hydrogens is 584 g/mol. The molecule has 8 nitrogen and oxygen atoms in total. The number of fused-ring (bicyclic) bond motifs is 1. The van der Waals surface area contributed by atoms with E-state index in [2.05, 4.69) is 106 Å². The molecule has 0 saturated carbocycles. The fraction of sp³-hybridized carbons (Fsp3) is 0.278. The highest BCUT2D eigenvalue weighted by Gasteiger charge is 2.28. The monoisotopic (exact) mass is 620 g/mol. The van der Waals surface area contributed by atoms with Gasteiger partial charge in [0.1, 0.15) is 6.33 Å². The predicted molar refractivity (Wildman–Crippen MR) is 179 cm³/mol. The van der Waals surface area contributed by atoms with Gasteiger partial charge in [-0.25, -0.2) is 9.50 Å². The predicted octanol–water partition coefficient (Wildman–Crippen LogP) is 6.16. The minimum Gasteiger partial charge on any atom is -0.371 e. The lowest BCUT2D eigenvalue weighted by Gasteiger charge is -2.34. The van der Waals surface area contributed by atoms with Gasteiger partial charge in [-0.1, -0.05) is 48.5 Å². The van der Waals surface area contributed by atoms with Crippen LogP contribution in [0.5, 0.6) is 0 Å². The molecule has 0 bridgehead atoms. The van der Waals surface area contributed by atoms with E-state index in [1.54, 1.807) is 6.33 Å². The third kappa shape index (κ3) is 6.08.